The van der Waals surface area contributed by atoms with E-state index in [1.165, 1.54) is 0 Å². The van der Waals surface area contributed by atoms with Gasteiger partial charge in [-0.25, -0.2) is 18.5 Å². The van der Waals surface area contributed by atoms with Crippen molar-refractivity contribution < 1.29 is 21.6 Å². The van der Waals surface area contributed by atoms with Crippen molar-refractivity contribution in [3.63, 3.8) is 0 Å². The van der Waals surface area contributed by atoms with Crippen LogP contribution in [0.5, 0.6) is 0 Å². The lowest BCUT2D eigenvalue weighted by Crippen LogP contribution is -2.22. The van der Waals surface area contributed by atoms with Crippen molar-refractivity contribution in [3.8, 4) is 0 Å². The molecule has 0 atom stereocenters. The molecule has 0 fully saturated rings. The first-order valence-corrected chi connectivity index (χ1v) is 6.17. The lowest BCUT2D eigenvalue weighted by molar-refractivity contribution is -0.137. The molecule has 0 spiro atoms. The number of primary sulfonamides is 1. The third-order valence-electron chi connectivity index (χ3n) is 1.78. The second-order valence-electron chi connectivity index (χ2n) is 3.22. The zero-order valence-corrected chi connectivity index (χ0v) is 9.35. The van der Waals surface area contributed by atoms with Gasteiger partial charge < -0.3 is 5.32 Å². The van der Waals surface area contributed by atoms with Gasteiger partial charge in [-0.1, -0.05) is 0 Å². The number of hydrogen-bond donors (Lipinski definition) is 2. The molecule has 96 valence electrons. The number of rotatable bonds is 4. The molecule has 0 unspecified atom stereocenters. The predicted octanol–water partition coefficient (Wildman–Crippen LogP) is 0.801. The quantitative estimate of drug-likeness (QED) is 0.846. The number of aromatic nitrogens is 1. The average Bonchev–Trinajstić information content (AvgIpc) is 2.15. The molecular weight excluding hydrogens is 259 g/mol. The average molecular weight is 269 g/mol. The summed E-state index contributed by atoms with van der Waals surface area (Å²) in [5, 5.41) is 7.29. The molecule has 1 heterocycles. The molecule has 17 heavy (non-hydrogen) atoms. The van der Waals surface area contributed by atoms with Crippen LogP contribution < -0.4 is 10.5 Å². The zero-order chi connectivity index (χ0) is 13.1. The van der Waals surface area contributed by atoms with Crippen molar-refractivity contribution in [1.82, 2.24) is 4.98 Å². The highest BCUT2D eigenvalue weighted by molar-refractivity contribution is 7.89. The van der Waals surface area contributed by atoms with Gasteiger partial charge in [-0.3, -0.25) is 0 Å². The molecule has 3 N–H and O–H groups in total. The van der Waals surface area contributed by atoms with Gasteiger partial charge in [0.15, 0.2) is 0 Å². The van der Waals surface area contributed by atoms with Crippen molar-refractivity contribution >= 4 is 15.8 Å². The van der Waals surface area contributed by atoms with Crippen molar-refractivity contribution in [1.29, 1.82) is 0 Å². The minimum atomic E-state index is -4.44. The van der Waals surface area contributed by atoms with Crippen LogP contribution in [-0.2, 0) is 16.2 Å². The summed E-state index contributed by atoms with van der Waals surface area (Å²) in [6.45, 7) is -0.0167. The van der Waals surface area contributed by atoms with Crippen LogP contribution >= 0.6 is 0 Å². The van der Waals surface area contributed by atoms with Gasteiger partial charge in [0.1, 0.15) is 5.82 Å². The van der Waals surface area contributed by atoms with E-state index in [0.717, 1.165) is 12.1 Å². The summed E-state index contributed by atoms with van der Waals surface area (Å²) in [6, 6.07) is 1.97. The molecule has 0 bridgehead atoms. The van der Waals surface area contributed by atoms with E-state index in [4.69, 9.17) is 5.14 Å². The van der Waals surface area contributed by atoms with E-state index in [9.17, 15) is 21.6 Å². The van der Waals surface area contributed by atoms with Crippen molar-refractivity contribution in [3.05, 3.63) is 23.9 Å². The van der Waals surface area contributed by atoms with E-state index in [2.05, 4.69) is 10.3 Å². The molecular formula is C8H10F3N3O2S. The molecule has 9 heteroatoms. The first kappa shape index (κ1) is 13.7. The van der Waals surface area contributed by atoms with Gasteiger partial charge in [0, 0.05) is 12.7 Å². The van der Waals surface area contributed by atoms with E-state index in [1.807, 2.05) is 0 Å². The van der Waals surface area contributed by atoms with E-state index in [0.29, 0.717) is 6.20 Å². The number of hydrogen-bond acceptors (Lipinski definition) is 4. The van der Waals surface area contributed by atoms with Gasteiger partial charge >= 0.3 is 6.18 Å². The summed E-state index contributed by atoms with van der Waals surface area (Å²) in [7, 11) is -3.60. The largest absolute Gasteiger partial charge is 0.417 e. The Morgan fingerprint density at radius 3 is 2.41 bits per heavy atom. The molecule has 0 saturated heterocycles. The van der Waals surface area contributed by atoms with Gasteiger partial charge in [-0.05, 0) is 12.1 Å². The Hall–Kier alpha value is -1.35. The maximum atomic E-state index is 12.2. The highest BCUT2D eigenvalue weighted by Gasteiger charge is 2.30. The third-order valence-corrected chi connectivity index (χ3v) is 2.56. The van der Waals surface area contributed by atoms with Gasteiger partial charge in [-0.2, -0.15) is 13.2 Å². The molecule has 0 aromatic carbocycles. The van der Waals surface area contributed by atoms with E-state index < -0.39 is 21.8 Å². The fourth-order valence-electron chi connectivity index (χ4n) is 0.987. The molecule has 0 aliphatic heterocycles. The number of halogens is 3. The summed E-state index contributed by atoms with van der Waals surface area (Å²) in [4.78, 5) is 3.50. The second kappa shape index (κ2) is 4.88. The van der Waals surface area contributed by atoms with Gasteiger partial charge in [0.2, 0.25) is 10.0 Å². The minimum Gasteiger partial charge on any atom is -0.369 e. The van der Waals surface area contributed by atoms with Crippen LogP contribution in [0.25, 0.3) is 0 Å². The summed E-state index contributed by atoms with van der Waals surface area (Å²) in [5.74, 6) is -0.169. The first-order chi connectivity index (χ1) is 7.68. The number of anilines is 1. The fraction of sp³-hybridized carbons (Fsp3) is 0.375. The Labute approximate surface area is 95.9 Å². The van der Waals surface area contributed by atoms with E-state index in [1.54, 1.807) is 0 Å². The van der Waals surface area contributed by atoms with Crippen molar-refractivity contribution in [2.75, 3.05) is 17.6 Å². The number of sulfonamides is 1. The molecule has 0 radical (unpaired) electrons. The number of alkyl halides is 3. The highest BCUT2D eigenvalue weighted by atomic mass is 32.2. The molecule has 5 nitrogen and oxygen atoms in total. The van der Waals surface area contributed by atoms with Gasteiger partial charge in [0.25, 0.3) is 0 Å². The number of nitrogens with one attached hydrogen (secondary N) is 1. The molecule has 1 rings (SSSR count). The van der Waals surface area contributed by atoms with Crippen LogP contribution in [0.15, 0.2) is 18.3 Å². The molecule has 0 saturated carbocycles. The molecule has 1 aromatic heterocycles. The fourth-order valence-corrected chi connectivity index (χ4v) is 1.37. The minimum absolute atomic E-state index is 0.0167. The van der Waals surface area contributed by atoms with Crippen LogP contribution in [0.2, 0.25) is 0 Å². The number of pyridine rings is 1. The number of nitrogens with two attached hydrogens (primary N) is 1. The predicted molar refractivity (Wildman–Crippen MR) is 55.7 cm³/mol. The maximum Gasteiger partial charge on any atom is 0.417 e. The summed E-state index contributed by atoms with van der Waals surface area (Å²) in [5.41, 5.74) is -0.866. The molecule has 0 amide bonds. The van der Waals surface area contributed by atoms with E-state index >= 15 is 0 Å². The Morgan fingerprint density at radius 2 is 2.00 bits per heavy atom. The molecule has 1 aromatic rings. The maximum absolute atomic E-state index is 12.2. The summed E-state index contributed by atoms with van der Waals surface area (Å²) < 4.78 is 57.7. The SMILES string of the molecule is NS(=O)(=O)CCNc1ccc(C(F)(F)F)cn1. The first-order valence-electron chi connectivity index (χ1n) is 4.46. The Kier molecular flexibility index (Phi) is 3.94. The lowest BCUT2D eigenvalue weighted by atomic mass is 10.3. The van der Waals surface area contributed by atoms with Crippen LogP contribution in [-0.4, -0.2) is 25.7 Å². The van der Waals surface area contributed by atoms with Gasteiger partial charge in [0.05, 0.1) is 11.3 Å². The highest BCUT2D eigenvalue weighted by Crippen LogP contribution is 2.28. The zero-order valence-electron chi connectivity index (χ0n) is 8.53. The van der Waals surface area contributed by atoms with Crippen LogP contribution in [0, 0.1) is 0 Å². The topological polar surface area (TPSA) is 85.1 Å². The van der Waals surface area contributed by atoms with Crippen LogP contribution in [0.4, 0.5) is 19.0 Å². The molecule has 0 aliphatic rings. The normalized spacial score (nSPS) is 12.5. The third kappa shape index (κ3) is 5.00. The summed E-state index contributed by atoms with van der Waals surface area (Å²) in [6.07, 6.45) is -3.77. The lowest BCUT2D eigenvalue weighted by Gasteiger charge is -2.08. The Morgan fingerprint density at radius 1 is 1.35 bits per heavy atom. The Bertz CT molecular complexity index is 470. The standard InChI is InChI=1S/C8H10F3N3O2S/c9-8(10,11)6-1-2-7(14-5-6)13-3-4-17(12,15)16/h1-2,5H,3-4H2,(H,13,14)(H2,12,15,16). The van der Waals surface area contributed by atoms with Crippen molar-refractivity contribution in [2.24, 2.45) is 5.14 Å². The number of nitrogens with zero attached hydrogens (tertiary/aromatic N) is 1. The smallest absolute Gasteiger partial charge is 0.369 e. The van der Waals surface area contributed by atoms with Crippen LogP contribution in [0.3, 0.4) is 0 Å². The van der Waals surface area contributed by atoms with Gasteiger partial charge in [-0.15, -0.1) is 0 Å². The summed E-state index contributed by atoms with van der Waals surface area (Å²) >= 11 is 0. The van der Waals surface area contributed by atoms with Crippen molar-refractivity contribution in [2.45, 2.75) is 6.18 Å². The second-order valence-corrected chi connectivity index (χ2v) is 4.96. The molecule has 0 aliphatic carbocycles. The van der Waals surface area contributed by atoms with E-state index in [-0.39, 0.29) is 18.1 Å². The Balaban J connectivity index is 2.58. The monoisotopic (exact) mass is 269 g/mol. The van der Waals surface area contributed by atoms with Crippen LogP contribution in [0.1, 0.15) is 5.56 Å².